The van der Waals surface area contributed by atoms with Gasteiger partial charge in [0, 0.05) is 59.4 Å². The summed E-state index contributed by atoms with van der Waals surface area (Å²) in [7, 11) is 7.65. The molecule has 1 aliphatic rings. The van der Waals surface area contributed by atoms with Crippen LogP contribution in [-0.2, 0) is 9.59 Å². The molecule has 0 spiro atoms. The van der Waals surface area contributed by atoms with Crippen molar-refractivity contribution >= 4 is 11.7 Å². The monoisotopic (exact) mass is 303 g/mol. The maximum absolute atomic E-state index is 12.5. The van der Waals surface area contributed by atoms with Crippen LogP contribution in [0.2, 0.25) is 0 Å². The molecule has 0 aromatic heterocycles. The maximum Gasteiger partial charge on any atom is 0.220 e. The fourth-order valence-corrected chi connectivity index (χ4v) is 1.96. The van der Waals surface area contributed by atoms with Gasteiger partial charge in [0.15, 0.2) is 5.78 Å². The Labute approximate surface area is 132 Å². The van der Waals surface area contributed by atoms with Crippen molar-refractivity contribution < 1.29 is 9.59 Å². The van der Waals surface area contributed by atoms with Gasteiger partial charge in [0.2, 0.25) is 5.91 Å². The summed E-state index contributed by atoms with van der Waals surface area (Å²) in [5.74, 6) is -0.0261. The molecule has 0 aliphatic carbocycles. The first-order valence-corrected chi connectivity index (χ1v) is 7.19. The lowest BCUT2D eigenvalue weighted by Crippen LogP contribution is -2.40. The van der Waals surface area contributed by atoms with Gasteiger partial charge in [-0.05, 0) is 24.6 Å². The van der Waals surface area contributed by atoms with Crippen LogP contribution in [0.3, 0.4) is 0 Å². The average molecular weight is 303 g/mol. The molecule has 0 saturated carbocycles. The molecule has 1 rings (SSSR count). The van der Waals surface area contributed by atoms with Crippen molar-refractivity contribution in [3.63, 3.8) is 0 Å². The van der Waals surface area contributed by atoms with Crippen molar-refractivity contribution in [2.75, 3.05) is 41.3 Å². The largest absolute Gasteiger partial charge is 0.383 e. The van der Waals surface area contributed by atoms with E-state index in [-0.39, 0.29) is 11.7 Å². The molecule has 0 bridgehead atoms. The van der Waals surface area contributed by atoms with Crippen molar-refractivity contribution in [2.45, 2.75) is 6.92 Å². The zero-order valence-electron chi connectivity index (χ0n) is 14.0. The molecule has 22 heavy (non-hydrogen) atoms. The SMILES string of the molecule is CC(=O)N1CC(=CC=CN(C)C)C(=O)C(=CC=CN(C)C)C1. The molecule has 0 N–H and O–H groups in total. The van der Waals surface area contributed by atoms with E-state index in [2.05, 4.69) is 0 Å². The number of amides is 1. The summed E-state index contributed by atoms with van der Waals surface area (Å²) in [6, 6.07) is 0. The Hall–Kier alpha value is -2.30. The molecule has 5 nitrogen and oxygen atoms in total. The molecule has 5 heteroatoms. The Morgan fingerprint density at radius 2 is 1.36 bits per heavy atom. The first-order chi connectivity index (χ1) is 10.3. The minimum atomic E-state index is -0.0301. The van der Waals surface area contributed by atoms with Gasteiger partial charge < -0.3 is 14.7 Å². The molecule has 120 valence electrons. The second kappa shape index (κ2) is 8.22. The van der Waals surface area contributed by atoms with Gasteiger partial charge in [-0.25, -0.2) is 0 Å². The van der Waals surface area contributed by atoms with Crippen molar-refractivity contribution in [1.82, 2.24) is 14.7 Å². The van der Waals surface area contributed by atoms with Gasteiger partial charge in [-0.3, -0.25) is 9.59 Å². The van der Waals surface area contributed by atoms with Crippen LogP contribution in [0.25, 0.3) is 0 Å². The van der Waals surface area contributed by atoms with Crippen LogP contribution >= 0.6 is 0 Å². The van der Waals surface area contributed by atoms with Gasteiger partial charge >= 0.3 is 0 Å². The van der Waals surface area contributed by atoms with E-state index in [4.69, 9.17) is 0 Å². The van der Waals surface area contributed by atoms with Gasteiger partial charge in [-0.2, -0.15) is 0 Å². The number of hydrogen-bond acceptors (Lipinski definition) is 4. The van der Waals surface area contributed by atoms with Crippen molar-refractivity contribution in [3.8, 4) is 0 Å². The number of carbonyl (C=O) groups is 2. The summed E-state index contributed by atoms with van der Waals surface area (Å²) >= 11 is 0. The first-order valence-electron chi connectivity index (χ1n) is 7.19. The van der Waals surface area contributed by atoms with E-state index in [1.165, 1.54) is 6.92 Å². The van der Waals surface area contributed by atoms with Crippen LogP contribution in [0.5, 0.6) is 0 Å². The Kier molecular flexibility index (Phi) is 6.63. The molecule has 1 heterocycles. The summed E-state index contributed by atoms with van der Waals surface area (Å²) in [5, 5.41) is 0. The standard InChI is InChI=1S/C17H25N3O2/c1-14(21)20-12-15(8-6-10-18(2)3)17(22)16(13-20)9-7-11-19(4)5/h6-11H,12-13H2,1-5H3. The van der Waals surface area contributed by atoms with Crippen LogP contribution in [0.1, 0.15) is 6.92 Å². The van der Waals surface area contributed by atoms with E-state index >= 15 is 0 Å². The van der Waals surface area contributed by atoms with E-state index in [9.17, 15) is 9.59 Å². The number of Topliss-reactive ketones (excluding diaryl/α,β-unsaturated/α-hetero) is 1. The van der Waals surface area contributed by atoms with Crippen LogP contribution in [-0.4, -0.2) is 67.7 Å². The van der Waals surface area contributed by atoms with E-state index in [1.54, 1.807) is 17.1 Å². The number of nitrogens with zero attached hydrogens (tertiary/aromatic N) is 3. The number of likely N-dealkylation sites (tertiary alicyclic amines) is 1. The molecule has 0 unspecified atom stereocenters. The zero-order chi connectivity index (χ0) is 16.7. The maximum atomic E-state index is 12.5. The van der Waals surface area contributed by atoms with Crippen molar-refractivity contribution in [2.24, 2.45) is 0 Å². The number of ketones is 1. The normalized spacial score (nSPS) is 19.7. The molecule has 1 aliphatic heterocycles. The van der Waals surface area contributed by atoms with Crippen molar-refractivity contribution in [3.05, 3.63) is 47.9 Å². The fourth-order valence-electron chi connectivity index (χ4n) is 1.96. The minimum absolute atomic E-state index is 0.00399. The van der Waals surface area contributed by atoms with Gasteiger partial charge in [-0.1, -0.05) is 12.2 Å². The third-order valence-electron chi connectivity index (χ3n) is 3.11. The fraction of sp³-hybridized carbons (Fsp3) is 0.412. The molecule has 1 amide bonds. The predicted octanol–water partition coefficient (Wildman–Crippen LogP) is 1.42. The van der Waals surface area contributed by atoms with Gasteiger partial charge in [0.25, 0.3) is 0 Å². The molecule has 1 fully saturated rings. The van der Waals surface area contributed by atoms with E-state index in [1.807, 2.05) is 62.5 Å². The van der Waals surface area contributed by atoms with Crippen LogP contribution in [0.15, 0.2) is 47.9 Å². The quantitative estimate of drug-likeness (QED) is 0.737. The lowest BCUT2D eigenvalue weighted by atomic mass is 9.97. The lowest BCUT2D eigenvalue weighted by Gasteiger charge is -2.28. The van der Waals surface area contributed by atoms with E-state index in [0.717, 1.165) is 0 Å². The summed E-state index contributed by atoms with van der Waals surface area (Å²) < 4.78 is 0. The van der Waals surface area contributed by atoms with Crippen LogP contribution in [0, 0.1) is 0 Å². The number of allylic oxidation sites excluding steroid dienone is 4. The number of hydrogen-bond donors (Lipinski definition) is 0. The Morgan fingerprint density at radius 3 is 1.68 bits per heavy atom. The van der Waals surface area contributed by atoms with E-state index < -0.39 is 0 Å². The van der Waals surface area contributed by atoms with Crippen LogP contribution < -0.4 is 0 Å². The highest BCUT2D eigenvalue weighted by Gasteiger charge is 2.26. The third kappa shape index (κ3) is 5.60. The predicted molar refractivity (Wildman–Crippen MR) is 89.1 cm³/mol. The first kappa shape index (κ1) is 17.8. The smallest absolute Gasteiger partial charge is 0.220 e. The minimum Gasteiger partial charge on any atom is -0.383 e. The number of carbonyl (C=O) groups excluding carboxylic acids is 2. The molecular formula is C17H25N3O2. The Morgan fingerprint density at radius 1 is 0.955 bits per heavy atom. The van der Waals surface area contributed by atoms with Gasteiger partial charge in [0.1, 0.15) is 0 Å². The number of rotatable bonds is 4. The Bertz CT molecular complexity index is 500. The molecule has 0 radical (unpaired) electrons. The second-order valence-electron chi connectivity index (χ2n) is 5.70. The topological polar surface area (TPSA) is 43.9 Å². The summed E-state index contributed by atoms with van der Waals surface area (Å²) in [4.78, 5) is 29.6. The molecule has 1 saturated heterocycles. The number of piperidine rings is 1. The van der Waals surface area contributed by atoms with Crippen LogP contribution in [0.4, 0.5) is 0 Å². The molecule has 0 aromatic rings. The highest BCUT2D eigenvalue weighted by Crippen LogP contribution is 2.18. The summed E-state index contributed by atoms with van der Waals surface area (Å²) in [6.45, 7) is 2.25. The lowest BCUT2D eigenvalue weighted by molar-refractivity contribution is -0.129. The highest BCUT2D eigenvalue weighted by molar-refractivity contribution is 6.10. The summed E-state index contributed by atoms with van der Waals surface area (Å²) in [6.07, 6.45) is 10.9. The molecule has 0 aromatic carbocycles. The van der Waals surface area contributed by atoms with Gasteiger partial charge in [0.05, 0.1) is 0 Å². The highest BCUT2D eigenvalue weighted by atomic mass is 16.2. The molecule has 0 atom stereocenters. The van der Waals surface area contributed by atoms with Gasteiger partial charge in [-0.15, -0.1) is 0 Å². The third-order valence-corrected chi connectivity index (χ3v) is 3.11. The second-order valence-corrected chi connectivity index (χ2v) is 5.70. The molecular weight excluding hydrogens is 278 g/mol. The van der Waals surface area contributed by atoms with Crippen molar-refractivity contribution in [1.29, 1.82) is 0 Å². The Balaban J connectivity index is 3.03. The summed E-state index contributed by atoms with van der Waals surface area (Å²) in [5.41, 5.74) is 1.26. The average Bonchev–Trinajstić information content (AvgIpc) is 2.41. The zero-order valence-corrected chi connectivity index (χ0v) is 14.0. The van der Waals surface area contributed by atoms with E-state index in [0.29, 0.717) is 24.2 Å².